The number of hydrogen-bond donors (Lipinski definition) is 1. The topological polar surface area (TPSA) is 105 Å². The molecule has 42 heavy (non-hydrogen) atoms. The van der Waals surface area contributed by atoms with E-state index in [9.17, 15) is 18.0 Å². The first-order chi connectivity index (χ1) is 19.9. The van der Waals surface area contributed by atoms with E-state index in [4.69, 9.17) is 21.1 Å². The van der Waals surface area contributed by atoms with Crippen molar-refractivity contribution in [1.82, 2.24) is 10.2 Å². The fourth-order valence-electron chi connectivity index (χ4n) is 4.12. The van der Waals surface area contributed by atoms with Gasteiger partial charge in [-0.3, -0.25) is 13.9 Å². The maximum atomic E-state index is 14.1. The van der Waals surface area contributed by atoms with Crippen LogP contribution in [0.5, 0.6) is 11.5 Å². The molecule has 0 bridgehead atoms. The molecule has 9 nitrogen and oxygen atoms in total. The summed E-state index contributed by atoms with van der Waals surface area (Å²) in [4.78, 5) is 28.5. The number of nitrogens with zero attached hydrogens (tertiary/aromatic N) is 2. The summed E-state index contributed by atoms with van der Waals surface area (Å²) in [5, 5.41) is 3.32. The molecule has 0 fully saturated rings. The van der Waals surface area contributed by atoms with Gasteiger partial charge in [-0.05, 0) is 74.4 Å². The van der Waals surface area contributed by atoms with Gasteiger partial charge in [0.25, 0.3) is 10.0 Å². The molecule has 0 spiro atoms. The minimum absolute atomic E-state index is 0.0816. The number of anilines is 1. The number of rotatable bonds is 13. The second kappa shape index (κ2) is 14.8. The maximum Gasteiger partial charge on any atom is 0.264 e. The first-order valence-corrected chi connectivity index (χ1v) is 15.9. The lowest BCUT2D eigenvalue weighted by Crippen LogP contribution is -2.52. The van der Waals surface area contributed by atoms with E-state index in [0.717, 1.165) is 14.3 Å². The standard InChI is InChI=1S/C30H35BrClN3O6S/c1-6-20(2)33-30(37)21(3)34(18-22-8-7-9-23(31)16-22)29(36)19-35(25-12-10-24(32)11-13-25)42(38,39)26-14-15-27(40-4)28(17-26)41-5/h7-17,20-21H,6,18-19H2,1-5H3,(H,33,37). The predicted octanol–water partition coefficient (Wildman–Crippen LogP) is 5.65. The molecular weight excluding hydrogens is 646 g/mol. The lowest BCUT2D eigenvalue weighted by Gasteiger charge is -2.32. The van der Waals surface area contributed by atoms with E-state index in [1.54, 1.807) is 19.1 Å². The Labute approximate surface area is 260 Å². The summed E-state index contributed by atoms with van der Waals surface area (Å²) in [7, 11) is -1.45. The number of sulfonamides is 1. The number of methoxy groups -OCH3 is 2. The van der Waals surface area contributed by atoms with Crippen LogP contribution in [-0.2, 0) is 26.2 Å². The molecule has 2 atom stereocenters. The zero-order valence-electron chi connectivity index (χ0n) is 24.1. The highest BCUT2D eigenvalue weighted by Crippen LogP contribution is 2.32. The van der Waals surface area contributed by atoms with Crippen LogP contribution in [-0.4, -0.2) is 58.0 Å². The quantitative estimate of drug-likeness (QED) is 0.250. The van der Waals surface area contributed by atoms with E-state index in [1.165, 1.54) is 49.5 Å². The van der Waals surface area contributed by atoms with Crippen molar-refractivity contribution in [3.05, 3.63) is 81.8 Å². The number of hydrogen-bond acceptors (Lipinski definition) is 6. The highest BCUT2D eigenvalue weighted by Gasteiger charge is 2.33. The van der Waals surface area contributed by atoms with Crippen molar-refractivity contribution in [2.24, 2.45) is 0 Å². The summed E-state index contributed by atoms with van der Waals surface area (Å²) < 4.78 is 40.5. The minimum atomic E-state index is -4.30. The van der Waals surface area contributed by atoms with E-state index < -0.39 is 28.5 Å². The molecular formula is C30H35BrClN3O6S. The first-order valence-electron chi connectivity index (χ1n) is 13.3. The van der Waals surface area contributed by atoms with Gasteiger partial charge in [0.1, 0.15) is 12.6 Å². The summed E-state index contributed by atoms with van der Waals surface area (Å²) >= 11 is 9.54. The zero-order valence-corrected chi connectivity index (χ0v) is 27.3. The monoisotopic (exact) mass is 679 g/mol. The maximum absolute atomic E-state index is 14.1. The Bertz CT molecular complexity index is 1500. The lowest BCUT2D eigenvalue weighted by atomic mass is 10.1. The van der Waals surface area contributed by atoms with Gasteiger partial charge in [0, 0.05) is 28.1 Å². The fourth-order valence-corrected chi connectivity index (χ4v) is 6.12. The van der Waals surface area contributed by atoms with Gasteiger partial charge in [0.2, 0.25) is 11.8 Å². The predicted molar refractivity (Wildman–Crippen MR) is 168 cm³/mol. The van der Waals surface area contributed by atoms with Crippen molar-refractivity contribution < 1.29 is 27.5 Å². The highest BCUT2D eigenvalue weighted by atomic mass is 79.9. The third-order valence-electron chi connectivity index (χ3n) is 6.75. The molecule has 0 radical (unpaired) electrons. The molecule has 3 aromatic carbocycles. The Morgan fingerprint density at radius 2 is 1.64 bits per heavy atom. The van der Waals surface area contributed by atoms with Crippen molar-refractivity contribution >= 4 is 55.1 Å². The molecule has 0 saturated heterocycles. The molecule has 0 aromatic heterocycles. The second-order valence-corrected chi connectivity index (χ2v) is 12.9. The smallest absolute Gasteiger partial charge is 0.264 e. The molecule has 12 heteroatoms. The van der Waals surface area contributed by atoms with Gasteiger partial charge in [-0.25, -0.2) is 8.42 Å². The summed E-state index contributed by atoms with van der Waals surface area (Å²) in [5.41, 5.74) is 0.989. The molecule has 2 unspecified atom stereocenters. The Morgan fingerprint density at radius 1 is 0.976 bits per heavy atom. The van der Waals surface area contributed by atoms with Crippen LogP contribution < -0.4 is 19.1 Å². The molecule has 2 amide bonds. The molecule has 3 rings (SSSR count). The van der Waals surface area contributed by atoms with E-state index in [0.29, 0.717) is 17.2 Å². The molecule has 226 valence electrons. The second-order valence-electron chi connectivity index (χ2n) is 9.65. The Kier molecular flexibility index (Phi) is 11.7. The van der Waals surface area contributed by atoms with Crippen LogP contribution in [0.3, 0.4) is 0 Å². The van der Waals surface area contributed by atoms with Crippen molar-refractivity contribution in [1.29, 1.82) is 0 Å². The number of nitrogens with one attached hydrogen (secondary N) is 1. The number of carbonyl (C=O) groups is 2. The van der Waals surface area contributed by atoms with E-state index >= 15 is 0 Å². The number of benzene rings is 3. The van der Waals surface area contributed by atoms with Gasteiger partial charge in [-0.1, -0.05) is 46.6 Å². The van der Waals surface area contributed by atoms with Crippen molar-refractivity contribution in [2.75, 3.05) is 25.1 Å². The third kappa shape index (κ3) is 8.17. The average molecular weight is 681 g/mol. The van der Waals surface area contributed by atoms with Gasteiger partial charge in [0.05, 0.1) is 24.8 Å². The van der Waals surface area contributed by atoms with Crippen LogP contribution in [0.25, 0.3) is 0 Å². The van der Waals surface area contributed by atoms with Crippen molar-refractivity contribution in [3.8, 4) is 11.5 Å². The number of ether oxygens (including phenoxy) is 2. The van der Waals surface area contributed by atoms with Crippen LogP contribution in [0.1, 0.15) is 32.8 Å². The Hall–Kier alpha value is -3.28. The molecule has 1 N–H and O–H groups in total. The summed E-state index contributed by atoms with van der Waals surface area (Å²) in [5.74, 6) is -0.339. The van der Waals surface area contributed by atoms with Gasteiger partial charge < -0.3 is 19.7 Å². The number of halogens is 2. The minimum Gasteiger partial charge on any atom is -0.493 e. The Morgan fingerprint density at radius 3 is 2.24 bits per heavy atom. The number of amides is 2. The van der Waals surface area contributed by atoms with Gasteiger partial charge in [0.15, 0.2) is 11.5 Å². The normalized spacial score (nSPS) is 12.6. The summed E-state index contributed by atoms with van der Waals surface area (Å²) in [6, 6.07) is 16.7. The van der Waals surface area contributed by atoms with Crippen molar-refractivity contribution in [2.45, 2.75) is 50.7 Å². The summed E-state index contributed by atoms with van der Waals surface area (Å²) in [6.07, 6.45) is 0.714. The third-order valence-corrected chi connectivity index (χ3v) is 9.26. The van der Waals surface area contributed by atoms with Gasteiger partial charge >= 0.3 is 0 Å². The van der Waals surface area contributed by atoms with Gasteiger partial charge in [-0.2, -0.15) is 0 Å². The van der Waals surface area contributed by atoms with Crippen LogP contribution >= 0.6 is 27.5 Å². The van der Waals surface area contributed by atoms with E-state index in [2.05, 4.69) is 21.2 Å². The van der Waals surface area contributed by atoms with Crippen LogP contribution in [0.4, 0.5) is 5.69 Å². The lowest BCUT2D eigenvalue weighted by molar-refractivity contribution is -0.139. The van der Waals surface area contributed by atoms with E-state index in [-0.39, 0.29) is 34.8 Å². The first kappa shape index (κ1) is 33.2. The highest BCUT2D eigenvalue weighted by molar-refractivity contribution is 9.10. The van der Waals surface area contributed by atoms with Crippen molar-refractivity contribution in [3.63, 3.8) is 0 Å². The molecule has 0 aliphatic carbocycles. The molecule has 0 aliphatic heterocycles. The van der Waals surface area contributed by atoms with Crippen LogP contribution in [0, 0.1) is 0 Å². The number of carbonyl (C=O) groups excluding carboxylic acids is 2. The average Bonchev–Trinajstić information content (AvgIpc) is 2.98. The van der Waals surface area contributed by atoms with Crippen LogP contribution in [0.15, 0.2) is 76.1 Å². The molecule has 0 heterocycles. The Balaban J connectivity index is 2.06. The zero-order chi connectivity index (χ0) is 31.0. The SMILES string of the molecule is CCC(C)NC(=O)C(C)N(Cc1cccc(Br)c1)C(=O)CN(c1ccc(Cl)cc1)S(=O)(=O)c1ccc(OC)c(OC)c1. The fraction of sp³-hybridized carbons (Fsp3) is 0.333. The molecule has 3 aromatic rings. The van der Waals surface area contributed by atoms with Gasteiger partial charge in [-0.15, -0.1) is 0 Å². The summed E-state index contributed by atoms with van der Waals surface area (Å²) in [6.45, 7) is 4.96. The molecule has 0 saturated carbocycles. The van der Waals surface area contributed by atoms with E-state index in [1.807, 2.05) is 38.1 Å². The molecule has 0 aliphatic rings. The van der Waals surface area contributed by atoms with Crippen LogP contribution in [0.2, 0.25) is 5.02 Å². The largest absolute Gasteiger partial charge is 0.493 e.